The molecule has 0 aliphatic carbocycles. The highest BCUT2D eigenvalue weighted by molar-refractivity contribution is 6.02. The van der Waals surface area contributed by atoms with Crippen molar-refractivity contribution in [3.05, 3.63) is 71.3 Å². The summed E-state index contributed by atoms with van der Waals surface area (Å²) < 4.78 is 5.88. The molecule has 1 atom stereocenters. The fourth-order valence-electron chi connectivity index (χ4n) is 3.75. The van der Waals surface area contributed by atoms with Crippen LogP contribution in [0.1, 0.15) is 47.8 Å². The average Bonchev–Trinajstić information content (AvgIpc) is 3.24. The third-order valence-corrected chi connectivity index (χ3v) is 5.68. The Kier molecular flexibility index (Phi) is 6.72. The van der Waals surface area contributed by atoms with Gasteiger partial charge in [0, 0.05) is 13.5 Å². The van der Waals surface area contributed by atoms with Crippen molar-refractivity contribution in [1.29, 1.82) is 0 Å². The Morgan fingerprint density at radius 1 is 1.21 bits per heavy atom. The van der Waals surface area contributed by atoms with Gasteiger partial charge in [-0.2, -0.15) is 0 Å². The molecule has 0 radical (unpaired) electrons. The minimum absolute atomic E-state index is 0.00545. The molecule has 4 rings (SSSR count). The van der Waals surface area contributed by atoms with E-state index in [9.17, 15) is 9.59 Å². The molecule has 0 saturated carbocycles. The zero-order valence-electron chi connectivity index (χ0n) is 19.2. The second-order valence-electron chi connectivity index (χ2n) is 8.74. The van der Waals surface area contributed by atoms with E-state index in [2.05, 4.69) is 34.3 Å². The Morgan fingerprint density at radius 2 is 2.00 bits per heavy atom. The van der Waals surface area contributed by atoms with E-state index in [4.69, 9.17) is 4.74 Å². The van der Waals surface area contributed by atoms with Crippen LogP contribution in [0.5, 0.6) is 5.75 Å². The molecule has 8 heteroatoms. The minimum Gasteiger partial charge on any atom is -0.489 e. The van der Waals surface area contributed by atoms with Gasteiger partial charge in [0.1, 0.15) is 24.2 Å². The zero-order chi connectivity index (χ0) is 23.4. The number of aromatic amines is 1. The molecular weight excluding hydrogens is 418 g/mol. The van der Waals surface area contributed by atoms with Crippen LogP contribution in [0.15, 0.2) is 48.5 Å². The zero-order valence-corrected chi connectivity index (χ0v) is 19.2. The number of fused-ring (bicyclic) bond motifs is 1. The van der Waals surface area contributed by atoms with Gasteiger partial charge >= 0.3 is 0 Å². The van der Waals surface area contributed by atoms with Crippen LogP contribution in [-0.4, -0.2) is 46.7 Å². The van der Waals surface area contributed by atoms with Gasteiger partial charge in [-0.05, 0) is 42.0 Å². The maximum Gasteiger partial charge on any atom is 0.291 e. The summed E-state index contributed by atoms with van der Waals surface area (Å²) in [5, 5.41) is 9.54. The van der Waals surface area contributed by atoms with Crippen molar-refractivity contribution in [1.82, 2.24) is 20.5 Å². The largest absolute Gasteiger partial charge is 0.489 e. The van der Waals surface area contributed by atoms with Crippen LogP contribution in [0.4, 0.5) is 5.69 Å². The highest BCUT2D eigenvalue weighted by Gasteiger charge is 2.31. The van der Waals surface area contributed by atoms with Crippen LogP contribution in [0, 0.1) is 5.92 Å². The van der Waals surface area contributed by atoms with E-state index in [0.717, 1.165) is 24.0 Å². The number of carbonyl (C=O) groups excluding carboxylic acids is 2. The van der Waals surface area contributed by atoms with Gasteiger partial charge in [0.15, 0.2) is 0 Å². The number of ether oxygens (including phenoxy) is 1. The maximum absolute atomic E-state index is 13.1. The summed E-state index contributed by atoms with van der Waals surface area (Å²) in [6.45, 7) is 4.41. The smallest absolute Gasteiger partial charge is 0.291 e. The van der Waals surface area contributed by atoms with Gasteiger partial charge in [0.05, 0.1) is 5.69 Å². The van der Waals surface area contributed by atoms with Gasteiger partial charge in [0.25, 0.3) is 11.8 Å². The third kappa shape index (κ3) is 5.39. The predicted molar refractivity (Wildman–Crippen MR) is 125 cm³/mol. The highest BCUT2D eigenvalue weighted by Crippen LogP contribution is 2.32. The molecule has 2 N–H and O–H groups in total. The van der Waals surface area contributed by atoms with Gasteiger partial charge in [-0.25, -0.2) is 4.98 Å². The molecule has 8 nitrogen and oxygen atoms in total. The van der Waals surface area contributed by atoms with Crippen molar-refractivity contribution in [2.75, 3.05) is 18.6 Å². The molecule has 2 aromatic carbocycles. The van der Waals surface area contributed by atoms with Crippen molar-refractivity contribution in [3.63, 3.8) is 0 Å². The van der Waals surface area contributed by atoms with Crippen molar-refractivity contribution < 1.29 is 14.3 Å². The van der Waals surface area contributed by atoms with E-state index in [1.807, 2.05) is 48.5 Å². The molecule has 1 unspecified atom stereocenters. The molecule has 0 spiro atoms. The van der Waals surface area contributed by atoms with Crippen LogP contribution in [0.2, 0.25) is 0 Å². The predicted octanol–water partition coefficient (Wildman–Crippen LogP) is 3.14. The average molecular weight is 448 g/mol. The molecule has 1 aromatic heterocycles. The fraction of sp³-hybridized carbons (Fsp3) is 0.360. The van der Waals surface area contributed by atoms with Crippen molar-refractivity contribution in [2.45, 2.75) is 39.2 Å². The number of aromatic nitrogens is 3. The Hall–Kier alpha value is -3.68. The van der Waals surface area contributed by atoms with Crippen molar-refractivity contribution >= 4 is 17.5 Å². The SMILES string of the molecule is CC(C)CCc1ccc2c(c1)N(C)C(=O)C(NC(=O)c1n[nH]c(Cc3ccccc3)n1)CO2. The van der Waals surface area contributed by atoms with Gasteiger partial charge in [0.2, 0.25) is 5.82 Å². The lowest BCUT2D eigenvalue weighted by atomic mass is 10.0. The van der Waals surface area contributed by atoms with Gasteiger partial charge < -0.3 is 15.0 Å². The lowest BCUT2D eigenvalue weighted by molar-refractivity contribution is -0.120. The molecule has 2 amide bonds. The van der Waals surface area contributed by atoms with E-state index >= 15 is 0 Å². The molecule has 0 saturated heterocycles. The number of likely N-dealkylation sites (N-methyl/N-ethyl adjacent to an activating group) is 1. The molecular formula is C25H29N5O3. The number of carbonyl (C=O) groups is 2. The number of nitrogens with zero attached hydrogens (tertiary/aromatic N) is 3. The van der Waals surface area contributed by atoms with E-state index in [0.29, 0.717) is 29.6 Å². The Morgan fingerprint density at radius 3 is 2.76 bits per heavy atom. The van der Waals surface area contributed by atoms with Crippen LogP contribution in [0.3, 0.4) is 0 Å². The second-order valence-corrected chi connectivity index (χ2v) is 8.74. The lowest BCUT2D eigenvalue weighted by Crippen LogP contribution is -2.49. The lowest BCUT2D eigenvalue weighted by Gasteiger charge is -2.20. The number of amides is 2. The van der Waals surface area contributed by atoms with Crippen LogP contribution in [0.25, 0.3) is 0 Å². The molecule has 1 aliphatic heterocycles. The molecule has 1 aliphatic rings. The molecule has 3 aromatic rings. The number of benzene rings is 2. The maximum atomic E-state index is 13.1. The Labute approximate surface area is 193 Å². The number of anilines is 1. The molecule has 172 valence electrons. The standard InChI is InChI=1S/C25H29N5O3/c1-16(2)9-10-18-11-12-21-20(13-18)30(3)25(32)19(15-33-21)26-24(31)23-27-22(28-29-23)14-17-7-5-4-6-8-17/h4-8,11-13,16,19H,9-10,14-15H2,1-3H3,(H,26,31)(H,27,28,29). The first-order valence-corrected chi connectivity index (χ1v) is 11.2. The first-order valence-electron chi connectivity index (χ1n) is 11.2. The number of rotatable bonds is 7. The monoisotopic (exact) mass is 447 g/mol. The molecule has 0 fully saturated rings. The van der Waals surface area contributed by atoms with E-state index in [-0.39, 0.29) is 18.3 Å². The minimum atomic E-state index is -0.843. The topological polar surface area (TPSA) is 100 Å². The Balaban J connectivity index is 1.42. The highest BCUT2D eigenvalue weighted by atomic mass is 16.5. The second kappa shape index (κ2) is 9.85. The van der Waals surface area contributed by atoms with Crippen molar-refractivity contribution in [2.24, 2.45) is 5.92 Å². The van der Waals surface area contributed by atoms with E-state index in [1.165, 1.54) is 0 Å². The Bertz CT molecular complexity index is 1130. The van der Waals surface area contributed by atoms with E-state index in [1.54, 1.807) is 11.9 Å². The number of hydrogen-bond donors (Lipinski definition) is 2. The quantitative estimate of drug-likeness (QED) is 0.580. The van der Waals surface area contributed by atoms with Crippen molar-refractivity contribution in [3.8, 4) is 5.75 Å². The normalized spacial score (nSPS) is 15.7. The van der Waals surface area contributed by atoms with Crippen LogP contribution in [-0.2, 0) is 17.6 Å². The molecule has 2 heterocycles. The fourth-order valence-corrected chi connectivity index (χ4v) is 3.75. The number of nitrogens with one attached hydrogen (secondary N) is 2. The molecule has 33 heavy (non-hydrogen) atoms. The first-order chi connectivity index (χ1) is 15.9. The van der Waals surface area contributed by atoms with Crippen LogP contribution >= 0.6 is 0 Å². The first kappa shape index (κ1) is 22.5. The summed E-state index contributed by atoms with van der Waals surface area (Å²) in [6, 6.07) is 14.9. The summed E-state index contributed by atoms with van der Waals surface area (Å²) >= 11 is 0. The summed E-state index contributed by atoms with van der Waals surface area (Å²) in [6.07, 6.45) is 2.53. The third-order valence-electron chi connectivity index (χ3n) is 5.68. The summed E-state index contributed by atoms with van der Waals surface area (Å²) in [5.74, 6) is 1.02. The van der Waals surface area contributed by atoms with Gasteiger partial charge in [-0.3, -0.25) is 14.7 Å². The number of aryl methyl sites for hydroxylation is 1. The van der Waals surface area contributed by atoms with Gasteiger partial charge in [-0.1, -0.05) is 50.2 Å². The van der Waals surface area contributed by atoms with Crippen LogP contribution < -0.4 is 15.0 Å². The molecule has 0 bridgehead atoms. The number of H-pyrrole nitrogens is 1. The summed E-state index contributed by atoms with van der Waals surface area (Å²) in [5.41, 5.74) is 2.92. The number of hydrogen-bond acceptors (Lipinski definition) is 5. The summed E-state index contributed by atoms with van der Waals surface area (Å²) in [7, 11) is 1.70. The van der Waals surface area contributed by atoms with Gasteiger partial charge in [-0.15, -0.1) is 5.10 Å². The van der Waals surface area contributed by atoms with E-state index < -0.39 is 11.9 Å². The summed E-state index contributed by atoms with van der Waals surface area (Å²) in [4.78, 5) is 31.6.